The summed E-state index contributed by atoms with van der Waals surface area (Å²) >= 11 is 0. The molecule has 5 nitrogen and oxygen atoms in total. The average molecular weight is 251 g/mol. The van der Waals surface area contributed by atoms with Crippen molar-refractivity contribution in [3.8, 4) is 5.75 Å². The van der Waals surface area contributed by atoms with E-state index < -0.39 is 12.1 Å². The maximum absolute atomic E-state index is 11.7. The van der Waals surface area contributed by atoms with Crippen LogP contribution in [0.1, 0.15) is 12.0 Å². The number of hydrogen-bond donors (Lipinski definition) is 2. The van der Waals surface area contributed by atoms with E-state index in [1.54, 1.807) is 7.11 Å². The van der Waals surface area contributed by atoms with Gasteiger partial charge in [0.15, 0.2) is 0 Å². The maximum Gasteiger partial charge on any atom is 0.323 e. The number of carbonyl (C=O) groups excluding carboxylic acids is 1. The van der Waals surface area contributed by atoms with Gasteiger partial charge in [-0.25, -0.2) is 0 Å². The van der Waals surface area contributed by atoms with Crippen LogP contribution in [0.4, 0.5) is 0 Å². The summed E-state index contributed by atoms with van der Waals surface area (Å²) in [6.45, 7) is 0.680. The Hall–Kier alpha value is -1.59. The number of β-amino-alcohol motifs (C(OH)–C–C–N with tert-alkyl or cyclic N) is 1. The minimum atomic E-state index is -0.455. The lowest BCUT2D eigenvalue weighted by Gasteiger charge is -2.10. The number of esters is 1. The lowest BCUT2D eigenvalue weighted by atomic mass is 10.2. The number of hydrogen-bond acceptors (Lipinski definition) is 5. The van der Waals surface area contributed by atoms with Gasteiger partial charge in [0, 0.05) is 13.0 Å². The molecule has 1 aromatic carbocycles. The van der Waals surface area contributed by atoms with Gasteiger partial charge in [-0.3, -0.25) is 4.79 Å². The second-order valence-electron chi connectivity index (χ2n) is 4.31. The largest absolute Gasteiger partial charge is 0.497 e. The van der Waals surface area contributed by atoms with Gasteiger partial charge < -0.3 is 19.9 Å². The van der Waals surface area contributed by atoms with Gasteiger partial charge in [-0.15, -0.1) is 0 Å². The summed E-state index contributed by atoms with van der Waals surface area (Å²) in [4.78, 5) is 11.7. The highest BCUT2D eigenvalue weighted by Crippen LogP contribution is 2.13. The molecule has 0 aromatic heterocycles. The minimum Gasteiger partial charge on any atom is -0.497 e. The van der Waals surface area contributed by atoms with E-state index >= 15 is 0 Å². The van der Waals surface area contributed by atoms with Crippen LogP contribution in [0.2, 0.25) is 0 Å². The molecule has 98 valence electrons. The molecule has 1 saturated heterocycles. The van der Waals surface area contributed by atoms with E-state index in [0.29, 0.717) is 13.0 Å². The van der Waals surface area contributed by atoms with Crippen LogP contribution in [0.5, 0.6) is 5.75 Å². The molecule has 2 atom stereocenters. The van der Waals surface area contributed by atoms with Crippen molar-refractivity contribution < 1.29 is 19.4 Å². The number of rotatable bonds is 4. The van der Waals surface area contributed by atoms with E-state index in [9.17, 15) is 9.90 Å². The third-order valence-corrected chi connectivity index (χ3v) is 2.93. The lowest BCUT2D eigenvalue weighted by Crippen LogP contribution is -2.32. The van der Waals surface area contributed by atoms with Crippen molar-refractivity contribution in [3.63, 3.8) is 0 Å². The number of benzene rings is 1. The molecule has 0 spiro atoms. The number of aliphatic hydroxyl groups excluding tert-OH is 1. The summed E-state index contributed by atoms with van der Waals surface area (Å²) in [6.07, 6.45) is -0.0370. The summed E-state index contributed by atoms with van der Waals surface area (Å²) in [5.41, 5.74) is 0.905. The second kappa shape index (κ2) is 5.84. The Morgan fingerprint density at radius 3 is 2.72 bits per heavy atom. The fourth-order valence-electron chi connectivity index (χ4n) is 1.87. The molecular weight excluding hydrogens is 234 g/mol. The molecule has 2 N–H and O–H groups in total. The van der Waals surface area contributed by atoms with Gasteiger partial charge >= 0.3 is 5.97 Å². The van der Waals surface area contributed by atoms with Gasteiger partial charge in [-0.05, 0) is 17.7 Å². The summed E-state index contributed by atoms with van der Waals surface area (Å²) in [5.74, 6) is 0.452. The SMILES string of the molecule is COc1ccc(COC(=O)[C@@H]2C[C@@H](O)CN2)cc1. The number of nitrogens with one attached hydrogen (secondary N) is 1. The lowest BCUT2D eigenvalue weighted by molar-refractivity contribution is -0.147. The molecule has 0 radical (unpaired) electrons. The highest BCUT2D eigenvalue weighted by atomic mass is 16.5. The summed E-state index contributed by atoms with van der Waals surface area (Å²) in [6, 6.07) is 6.95. The van der Waals surface area contributed by atoms with Crippen LogP contribution in [-0.2, 0) is 16.1 Å². The van der Waals surface area contributed by atoms with Crippen LogP contribution in [0.3, 0.4) is 0 Å². The first-order valence-corrected chi connectivity index (χ1v) is 5.90. The summed E-state index contributed by atoms with van der Waals surface area (Å²) in [7, 11) is 1.60. The molecule has 0 unspecified atom stereocenters. The molecule has 1 heterocycles. The zero-order valence-corrected chi connectivity index (χ0v) is 10.3. The molecule has 0 saturated carbocycles. The van der Waals surface area contributed by atoms with Crippen LogP contribution >= 0.6 is 0 Å². The van der Waals surface area contributed by atoms with Crippen molar-refractivity contribution in [1.29, 1.82) is 0 Å². The van der Waals surface area contributed by atoms with Gasteiger partial charge in [0.2, 0.25) is 0 Å². The molecule has 0 bridgehead atoms. The quantitative estimate of drug-likeness (QED) is 0.761. The maximum atomic E-state index is 11.7. The average Bonchev–Trinajstić information content (AvgIpc) is 2.83. The van der Waals surface area contributed by atoms with Crippen LogP contribution in [0.25, 0.3) is 0 Å². The van der Waals surface area contributed by atoms with Crippen molar-refractivity contribution in [2.24, 2.45) is 0 Å². The fourth-order valence-corrected chi connectivity index (χ4v) is 1.87. The van der Waals surface area contributed by atoms with Crippen molar-refractivity contribution in [2.45, 2.75) is 25.2 Å². The van der Waals surface area contributed by atoms with Crippen molar-refractivity contribution >= 4 is 5.97 Å². The zero-order chi connectivity index (χ0) is 13.0. The Kier molecular flexibility index (Phi) is 4.17. The number of ether oxygens (including phenoxy) is 2. The Labute approximate surface area is 106 Å². The Balaban J connectivity index is 1.81. The molecule has 2 rings (SSSR count). The first-order chi connectivity index (χ1) is 8.69. The molecule has 0 amide bonds. The Bertz CT molecular complexity index is 404. The van der Waals surface area contributed by atoms with Crippen LogP contribution in [0, 0.1) is 0 Å². The smallest absolute Gasteiger partial charge is 0.323 e. The molecule has 1 aliphatic rings. The molecule has 0 aliphatic carbocycles. The number of methoxy groups -OCH3 is 1. The number of aliphatic hydroxyl groups is 1. The summed E-state index contributed by atoms with van der Waals surface area (Å²) in [5, 5.41) is 12.2. The van der Waals surface area contributed by atoms with Gasteiger partial charge in [0.25, 0.3) is 0 Å². The predicted octanol–water partition coefficient (Wildman–Crippen LogP) is 0.461. The zero-order valence-electron chi connectivity index (χ0n) is 10.3. The molecule has 1 aliphatic heterocycles. The molecule has 1 fully saturated rings. The van der Waals surface area contributed by atoms with Crippen LogP contribution in [0.15, 0.2) is 24.3 Å². The Morgan fingerprint density at radius 1 is 1.44 bits per heavy atom. The minimum absolute atomic E-state index is 0.233. The van der Waals surface area contributed by atoms with Crippen molar-refractivity contribution in [2.75, 3.05) is 13.7 Å². The second-order valence-corrected chi connectivity index (χ2v) is 4.31. The Morgan fingerprint density at radius 2 is 2.17 bits per heavy atom. The molecular formula is C13H17NO4. The molecule has 1 aromatic rings. The monoisotopic (exact) mass is 251 g/mol. The van der Waals surface area contributed by atoms with Crippen molar-refractivity contribution in [3.05, 3.63) is 29.8 Å². The van der Waals surface area contributed by atoms with E-state index in [2.05, 4.69) is 5.32 Å². The van der Waals surface area contributed by atoms with Crippen LogP contribution < -0.4 is 10.1 Å². The third-order valence-electron chi connectivity index (χ3n) is 2.93. The van der Waals surface area contributed by atoms with Gasteiger partial charge in [0.05, 0.1) is 13.2 Å². The third kappa shape index (κ3) is 3.21. The van der Waals surface area contributed by atoms with E-state index in [0.717, 1.165) is 11.3 Å². The first kappa shape index (κ1) is 12.9. The standard InChI is InChI=1S/C13H17NO4/c1-17-11-4-2-9(3-5-11)8-18-13(16)12-6-10(15)7-14-12/h2-5,10,12,14-15H,6-8H2,1H3/t10-,12+/m1/s1. The van der Waals surface area contributed by atoms with E-state index in [-0.39, 0.29) is 12.6 Å². The first-order valence-electron chi connectivity index (χ1n) is 5.90. The highest BCUT2D eigenvalue weighted by molar-refractivity contribution is 5.76. The van der Waals surface area contributed by atoms with E-state index in [1.165, 1.54) is 0 Å². The normalized spacial score (nSPS) is 22.8. The number of carbonyl (C=O) groups is 1. The van der Waals surface area contributed by atoms with Gasteiger partial charge in [-0.1, -0.05) is 12.1 Å². The molecule has 18 heavy (non-hydrogen) atoms. The van der Waals surface area contributed by atoms with Crippen molar-refractivity contribution in [1.82, 2.24) is 5.32 Å². The van der Waals surface area contributed by atoms with Gasteiger partial charge in [-0.2, -0.15) is 0 Å². The van der Waals surface area contributed by atoms with E-state index in [4.69, 9.17) is 9.47 Å². The van der Waals surface area contributed by atoms with Crippen LogP contribution in [-0.4, -0.2) is 36.9 Å². The highest BCUT2D eigenvalue weighted by Gasteiger charge is 2.29. The van der Waals surface area contributed by atoms with E-state index in [1.807, 2.05) is 24.3 Å². The van der Waals surface area contributed by atoms with Gasteiger partial charge in [0.1, 0.15) is 18.4 Å². The topological polar surface area (TPSA) is 67.8 Å². The predicted molar refractivity (Wildman–Crippen MR) is 65.2 cm³/mol. The molecule has 5 heteroatoms. The fraction of sp³-hybridized carbons (Fsp3) is 0.462. The summed E-state index contributed by atoms with van der Waals surface area (Å²) < 4.78 is 10.2.